The lowest BCUT2D eigenvalue weighted by atomic mass is 9.80. The van der Waals surface area contributed by atoms with Crippen LogP contribution in [0.1, 0.15) is 141 Å². The zero-order valence-corrected chi connectivity index (χ0v) is 69.6. The summed E-state index contributed by atoms with van der Waals surface area (Å²) in [5, 5.41) is 42.7. The van der Waals surface area contributed by atoms with E-state index in [4.69, 9.17) is 78.8 Å². The fourth-order valence-electron chi connectivity index (χ4n) is 15.9. The van der Waals surface area contributed by atoms with E-state index >= 15 is 0 Å². The molecular formula is C86H121N11O22. The number of hydrogen-bond acceptors (Lipinski definition) is 29. The van der Waals surface area contributed by atoms with Gasteiger partial charge in [-0.05, 0) is 143 Å². The van der Waals surface area contributed by atoms with Crippen LogP contribution >= 0.6 is 0 Å². The predicted octanol–water partition coefficient (Wildman–Crippen LogP) is 6.94. The first-order valence-corrected chi connectivity index (χ1v) is 41.6. The predicted molar refractivity (Wildman–Crippen MR) is 438 cm³/mol. The van der Waals surface area contributed by atoms with E-state index < -0.39 is 120 Å². The number of ketones is 3. The maximum absolute atomic E-state index is 14.6. The normalized spacial score (nSPS) is 27.4. The third-order valence-electron chi connectivity index (χ3n) is 23.0. The molecule has 10 N–H and O–H groups in total. The number of amides is 3. The lowest BCUT2D eigenvalue weighted by Gasteiger charge is -2.42. The molecule has 33 nitrogen and oxygen atoms in total. The number of anilines is 2. The van der Waals surface area contributed by atoms with Gasteiger partial charge in [0.2, 0.25) is 11.7 Å². The van der Waals surface area contributed by atoms with Crippen molar-refractivity contribution < 1.29 is 105 Å². The number of rotatable bonds is 30. The SMILES string of the molecule is CO[C@H]1C[C@@H]2CC[C@@H](C)[C@@](O)(O2)C(=O)C(=O)N2CCCC[C@H]2C(=O)O[C@H]([C@H](N)CC2CC[C@@H](OC(=O)NCCOCCOCCOCCOCCOCCOCCC(=O)N3CCc4cc(Cn5nc(-c6ccc7oc(N)nc7c6)c6c(N)ncnc65)ccc4C3)[C@H](OC)C2)CC(=O)[C@H](C)/C=C(\C)[C@@H](O)[C@@H](O)C(=O)[C@H](C)CC/C=C/C=C/C=C/1C. The highest BCUT2D eigenvalue weighted by Gasteiger charge is 2.53. The maximum Gasteiger partial charge on any atom is 0.407 e. The van der Waals surface area contributed by atoms with Gasteiger partial charge in [-0.3, -0.25) is 24.0 Å². The van der Waals surface area contributed by atoms with Gasteiger partial charge >= 0.3 is 12.1 Å². The Labute approximate surface area is 694 Å². The van der Waals surface area contributed by atoms with E-state index in [9.17, 15) is 48.9 Å². The molecule has 3 fully saturated rings. The van der Waals surface area contributed by atoms with Crippen molar-refractivity contribution in [3.05, 3.63) is 107 Å². The Hall–Kier alpha value is -8.81. The van der Waals surface area contributed by atoms with Crippen molar-refractivity contribution in [2.45, 2.75) is 205 Å². The number of nitrogen functional groups attached to an aromatic ring is 2. The Morgan fingerprint density at radius 2 is 1.46 bits per heavy atom. The van der Waals surface area contributed by atoms with E-state index in [-0.39, 0.29) is 82.0 Å². The molecule has 119 heavy (non-hydrogen) atoms. The summed E-state index contributed by atoms with van der Waals surface area (Å²) >= 11 is 0. The van der Waals surface area contributed by atoms with E-state index in [0.29, 0.717) is 171 Å². The number of aliphatic hydroxyl groups is 3. The molecule has 1 unspecified atom stereocenters. The number of methoxy groups -OCH3 is 2. The summed E-state index contributed by atoms with van der Waals surface area (Å²) in [5.41, 5.74) is 26.7. The van der Waals surface area contributed by atoms with Crippen molar-refractivity contribution in [3.8, 4) is 11.3 Å². The minimum Gasteiger partial charge on any atom is -0.459 e. The molecule has 1 saturated carbocycles. The standard InChI is InChI=1S/C86H121N11O22/c1-53-15-11-9-8-10-12-16-54(2)76(100)78(102)77(101)56(4)43-55(3)67(98)49-71(116-83(105)66-17-13-14-29-96(66)82(104)79(103)86(107)57(5)18-23-63(119-86)48-70(53)108-6)64(87)45-58-20-24-69(72(46-58)109-7)118-85(106)90-28-32-111-34-36-113-38-40-115-42-41-114-39-37-112-35-33-110-31-27-73(99)95-30-26-60-44-59(19-21-62(60)51-95)50-97-81-74(80(88)91-52-92-81)75(94-97)61-22-25-68-65(47-61)93-84(89)117-68/h8-11,15,19,21-22,25,43-44,47,52,54-55,57-58,63-64,66,69-72,77-78,101-102,107H,12-14,16-18,20,23-24,26-42,45-46,48-51,87H2,1-7H3,(H2,89,93)(H,90,106)(H2,88,91,92)/b10-8+,11-9+,53-15+,56-43+/t54-,55-,57-,58?,63+,64-,66+,69-,70+,71+,72-,77-,78+,86-/m1/s1. The van der Waals surface area contributed by atoms with Gasteiger partial charge in [0, 0.05) is 82.6 Å². The number of oxazole rings is 1. The molecule has 2 saturated heterocycles. The third-order valence-corrected chi connectivity index (χ3v) is 23.0. The molecule has 3 aromatic heterocycles. The van der Waals surface area contributed by atoms with Crippen LogP contribution in [0, 0.1) is 23.7 Å². The third kappa shape index (κ3) is 25.9. The van der Waals surface area contributed by atoms with E-state index in [0.717, 1.165) is 33.6 Å². The molecule has 1 aliphatic carbocycles. The molecule has 0 radical (unpaired) electrons. The van der Waals surface area contributed by atoms with Crippen LogP contribution in [0.4, 0.5) is 16.6 Å². The number of ether oxygens (including phenoxy) is 11. The molecular weight excluding hydrogens is 1540 g/mol. The van der Waals surface area contributed by atoms with Crippen LogP contribution in [0.2, 0.25) is 0 Å². The van der Waals surface area contributed by atoms with Crippen LogP contribution in [0.15, 0.2) is 94.7 Å². The number of nitrogens with two attached hydrogens (primary N) is 3. The highest BCUT2D eigenvalue weighted by atomic mass is 16.6. The van der Waals surface area contributed by atoms with E-state index in [2.05, 4.69) is 32.4 Å². The highest BCUT2D eigenvalue weighted by Crippen LogP contribution is 2.39. The molecule has 5 aromatic rings. The minimum absolute atomic E-state index is 0.00154. The molecule has 33 heteroatoms. The van der Waals surface area contributed by atoms with Crippen molar-refractivity contribution in [2.75, 3.05) is 125 Å². The number of fused-ring (bicyclic) bond motifs is 6. The minimum atomic E-state index is -2.51. The Morgan fingerprint density at radius 3 is 2.18 bits per heavy atom. The van der Waals surface area contributed by atoms with Crippen molar-refractivity contribution in [1.29, 1.82) is 0 Å². The number of piperidine rings is 1. The molecule has 2 bridgehead atoms. The lowest BCUT2D eigenvalue weighted by molar-refractivity contribution is -0.265. The number of hydrogen-bond donors (Lipinski definition) is 7. The van der Waals surface area contributed by atoms with Gasteiger partial charge in [0.15, 0.2) is 17.0 Å². The van der Waals surface area contributed by atoms with Crippen LogP contribution in [-0.2, 0) is 100 Å². The van der Waals surface area contributed by atoms with Gasteiger partial charge in [0.25, 0.3) is 17.7 Å². The maximum atomic E-state index is 14.6. The number of aromatic nitrogens is 5. The molecule has 14 atom stereocenters. The summed E-state index contributed by atoms with van der Waals surface area (Å²) in [5.74, 6) is -8.83. The molecule has 5 aliphatic rings. The largest absolute Gasteiger partial charge is 0.459 e. The number of benzene rings is 2. The average molecular weight is 1660 g/mol. The zero-order chi connectivity index (χ0) is 85.1. The summed E-state index contributed by atoms with van der Waals surface area (Å²) in [6.07, 6.45) is 9.66. The molecule has 652 valence electrons. The number of Topliss-reactive ketones (excluding diaryl/α,β-unsaturated/α-hetero) is 3. The first kappa shape index (κ1) is 92.5. The number of cyclic esters (lactones) is 1. The van der Waals surface area contributed by atoms with Crippen molar-refractivity contribution in [1.82, 2.24) is 39.8 Å². The number of aliphatic hydroxyl groups excluding tert-OH is 2. The lowest BCUT2D eigenvalue weighted by Crippen LogP contribution is -2.61. The van der Waals surface area contributed by atoms with E-state index in [1.165, 1.54) is 32.0 Å². The molecule has 2 aromatic carbocycles. The Kier molecular flexibility index (Phi) is 35.5. The molecule has 4 aliphatic heterocycles. The summed E-state index contributed by atoms with van der Waals surface area (Å²) in [6, 6.07) is 9.64. The van der Waals surface area contributed by atoms with Gasteiger partial charge in [-0.1, -0.05) is 75.4 Å². The average Bonchev–Trinajstić information content (AvgIpc) is 1.58. The topological polar surface area (TPSA) is 448 Å². The van der Waals surface area contributed by atoms with Gasteiger partial charge in [-0.25, -0.2) is 24.2 Å². The number of nitrogens with zero attached hydrogens (tertiary/aromatic N) is 7. The number of esters is 1. The van der Waals surface area contributed by atoms with Crippen LogP contribution < -0.4 is 22.5 Å². The smallest absolute Gasteiger partial charge is 0.407 e. The fourth-order valence-corrected chi connectivity index (χ4v) is 15.9. The molecule has 10 rings (SSSR count). The first-order valence-electron chi connectivity index (χ1n) is 41.6. The van der Waals surface area contributed by atoms with Gasteiger partial charge in [0.1, 0.15) is 59.6 Å². The highest BCUT2D eigenvalue weighted by molar-refractivity contribution is 6.39. The van der Waals surface area contributed by atoms with E-state index in [1.807, 2.05) is 65.1 Å². The number of allylic oxidation sites excluding steroid dienone is 6. The second kappa shape index (κ2) is 45.7. The number of carbonyl (C=O) groups excluding carboxylic acids is 7. The number of carbonyl (C=O) groups is 7. The fraction of sp³-hybridized carbons (Fsp3) is 0.616. The second-order valence-corrected chi connectivity index (χ2v) is 31.6. The zero-order valence-electron chi connectivity index (χ0n) is 69.6. The Bertz CT molecular complexity index is 4340. The van der Waals surface area contributed by atoms with Gasteiger partial charge in [-0.15, -0.1) is 0 Å². The summed E-state index contributed by atoms with van der Waals surface area (Å²) in [4.78, 5) is 113. The molecule has 3 amide bonds. The van der Waals surface area contributed by atoms with Gasteiger partial charge < -0.3 is 104 Å². The summed E-state index contributed by atoms with van der Waals surface area (Å²) in [6.45, 7) is 14.0. The van der Waals surface area contributed by atoms with Crippen molar-refractivity contribution in [3.63, 3.8) is 0 Å². The summed E-state index contributed by atoms with van der Waals surface area (Å²) in [7, 11) is 3.06. The monoisotopic (exact) mass is 1660 g/mol. The van der Waals surface area contributed by atoms with Crippen molar-refractivity contribution in [2.24, 2.45) is 29.4 Å². The van der Waals surface area contributed by atoms with Crippen molar-refractivity contribution >= 4 is 75.2 Å². The Morgan fingerprint density at radius 1 is 0.748 bits per heavy atom. The molecule has 0 spiro atoms. The molecule has 7 heterocycles. The summed E-state index contributed by atoms with van der Waals surface area (Å²) < 4.78 is 71.1. The van der Waals surface area contributed by atoms with Crippen LogP contribution in [0.3, 0.4) is 0 Å². The van der Waals surface area contributed by atoms with E-state index in [1.54, 1.807) is 33.9 Å². The first-order chi connectivity index (χ1) is 57.3. The second-order valence-electron chi connectivity index (χ2n) is 31.6. The van der Waals surface area contributed by atoms with Crippen LogP contribution in [0.25, 0.3) is 33.4 Å². The number of alkyl carbamates (subject to hydrolysis) is 1. The van der Waals surface area contributed by atoms with Crippen LogP contribution in [0.5, 0.6) is 0 Å². The van der Waals surface area contributed by atoms with Crippen LogP contribution in [-0.4, -0.2) is 265 Å². The van der Waals surface area contributed by atoms with Gasteiger partial charge in [-0.2, -0.15) is 10.1 Å². The quantitative estimate of drug-likeness (QED) is 0.0106. The van der Waals surface area contributed by atoms with Gasteiger partial charge in [0.05, 0.1) is 116 Å². The Balaban J connectivity index is 0.581. The number of nitrogens with one attached hydrogen (secondary N) is 1.